The Balaban J connectivity index is 1.39. The van der Waals surface area contributed by atoms with Crippen molar-refractivity contribution < 1.29 is 14.5 Å². The summed E-state index contributed by atoms with van der Waals surface area (Å²) >= 11 is 0. The number of hydrogen-bond donors (Lipinski definition) is 1. The van der Waals surface area contributed by atoms with Gasteiger partial charge in [0, 0.05) is 6.42 Å². The number of nitrogens with zero attached hydrogens (tertiary/aromatic N) is 3. The molecular weight excluding hydrogens is 365 g/mol. The third kappa shape index (κ3) is 2.93. The van der Waals surface area contributed by atoms with Crippen LogP contribution >= 0.6 is 0 Å². The Morgan fingerprint density at radius 1 is 1.21 bits per heavy atom. The SMILES string of the molecule is Cc1ccc(-n2nnc(C(=O)Cc3ccc4c(c3)B(O)OC43CCC3)c2C)cc1. The molecule has 2 aliphatic rings. The predicted molar refractivity (Wildman–Crippen MR) is 110 cm³/mol. The molecule has 2 aromatic carbocycles. The number of carbonyl (C=O) groups excluding carboxylic acids is 1. The lowest BCUT2D eigenvalue weighted by molar-refractivity contribution is -0.0152. The molecular formula is C22H22BN3O3. The Kier molecular flexibility index (Phi) is 4.19. The minimum Gasteiger partial charge on any atom is -0.423 e. The molecule has 1 saturated carbocycles. The summed E-state index contributed by atoms with van der Waals surface area (Å²) in [4.78, 5) is 12.9. The number of rotatable bonds is 4. The highest BCUT2D eigenvalue weighted by atomic mass is 16.5. The van der Waals surface area contributed by atoms with Gasteiger partial charge in [0.25, 0.3) is 0 Å². The van der Waals surface area contributed by atoms with Crippen LogP contribution in [-0.2, 0) is 16.7 Å². The van der Waals surface area contributed by atoms with Gasteiger partial charge in [0.05, 0.1) is 17.0 Å². The van der Waals surface area contributed by atoms with Crippen LogP contribution in [-0.4, -0.2) is 32.9 Å². The summed E-state index contributed by atoms with van der Waals surface area (Å²) in [5, 5.41) is 18.6. The molecule has 1 N–H and O–H groups in total. The number of ketones is 1. The zero-order valence-corrected chi connectivity index (χ0v) is 16.6. The molecule has 146 valence electrons. The van der Waals surface area contributed by atoms with E-state index in [9.17, 15) is 9.82 Å². The molecule has 1 fully saturated rings. The molecule has 7 heteroatoms. The molecule has 0 saturated heterocycles. The van der Waals surface area contributed by atoms with E-state index in [0.29, 0.717) is 5.69 Å². The van der Waals surface area contributed by atoms with Crippen molar-refractivity contribution in [3.63, 3.8) is 0 Å². The molecule has 0 radical (unpaired) electrons. The van der Waals surface area contributed by atoms with E-state index in [4.69, 9.17) is 4.65 Å². The fourth-order valence-electron chi connectivity index (χ4n) is 4.35. The first-order valence-electron chi connectivity index (χ1n) is 9.99. The first-order chi connectivity index (χ1) is 14.0. The lowest BCUT2D eigenvalue weighted by Gasteiger charge is -2.39. The Hall–Kier alpha value is -2.77. The van der Waals surface area contributed by atoms with Crippen LogP contribution in [0, 0.1) is 13.8 Å². The van der Waals surface area contributed by atoms with E-state index >= 15 is 0 Å². The van der Waals surface area contributed by atoms with Crippen LogP contribution in [0.15, 0.2) is 42.5 Å². The van der Waals surface area contributed by atoms with Gasteiger partial charge in [-0.05, 0) is 61.8 Å². The Morgan fingerprint density at radius 2 is 1.97 bits per heavy atom. The zero-order chi connectivity index (χ0) is 20.2. The molecule has 3 aromatic rings. The van der Waals surface area contributed by atoms with Gasteiger partial charge in [0.15, 0.2) is 11.5 Å². The van der Waals surface area contributed by atoms with Crippen molar-refractivity contribution in [2.24, 2.45) is 0 Å². The van der Waals surface area contributed by atoms with Gasteiger partial charge in [0.1, 0.15) is 0 Å². The average molecular weight is 387 g/mol. The molecule has 5 rings (SSSR count). The lowest BCUT2D eigenvalue weighted by atomic mass is 9.72. The summed E-state index contributed by atoms with van der Waals surface area (Å²) in [7, 11) is -0.912. The summed E-state index contributed by atoms with van der Waals surface area (Å²) < 4.78 is 7.51. The maximum atomic E-state index is 12.9. The van der Waals surface area contributed by atoms with Crippen molar-refractivity contribution in [3.8, 4) is 5.69 Å². The summed E-state index contributed by atoms with van der Waals surface area (Å²) in [5.41, 5.74) is 5.51. The molecule has 0 atom stereocenters. The first kappa shape index (κ1) is 18.3. The lowest BCUT2D eigenvalue weighted by Crippen LogP contribution is -2.35. The van der Waals surface area contributed by atoms with Gasteiger partial charge in [-0.3, -0.25) is 4.79 Å². The maximum Gasteiger partial charge on any atom is 0.492 e. The Morgan fingerprint density at radius 3 is 2.66 bits per heavy atom. The number of fused-ring (bicyclic) bond motifs is 2. The minimum absolute atomic E-state index is 0.0902. The number of aryl methyl sites for hydroxylation is 1. The van der Waals surface area contributed by atoms with Crippen molar-refractivity contribution >= 4 is 18.4 Å². The number of carbonyl (C=O) groups is 1. The summed E-state index contributed by atoms with van der Waals surface area (Å²) in [6.07, 6.45) is 3.20. The van der Waals surface area contributed by atoms with Crippen LogP contribution in [0.5, 0.6) is 0 Å². The fourth-order valence-corrected chi connectivity index (χ4v) is 4.35. The van der Waals surface area contributed by atoms with Crippen molar-refractivity contribution in [2.45, 2.75) is 45.1 Å². The van der Waals surface area contributed by atoms with Crippen molar-refractivity contribution in [1.29, 1.82) is 0 Å². The second kappa shape index (κ2) is 6.64. The van der Waals surface area contributed by atoms with Crippen LogP contribution in [0.3, 0.4) is 0 Å². The number of Topliss-reactive ketones (excluding diaryl/α,β-unsaturated/α-hetero) is 1. The van der Waals surface area contributed by atoms with Gasteiger partial charge in [-0.1, -0.05) is 41.1 Å². The highest BCUT2D eigenvalue weighted by molar-refractivity contribution is 6.62. The highest BCUT2D eigenvalue weighted by Gasteiger charge is 2.50. The van der Waals surface area contributed by atoms with Crippen LogP contribution in [0.1, 0.15) is 52.1 Å². The monoisotopic (exact) mass is 387 g/mol. The summed E-state index contributed by atoms with van der Waals surface area (Å²) in [6.45, 7) is 3.88. The van der Waals surface area contributed by atoms with E-state index < -0.39 is 7.12 Å². The van der Waals surface area contributed by atoms with Gasteiger partial charge in [-0.2, -0.15) is 0 Å². The van der Waals surface area contributed by atoms with Crippen LogP contribution in [0.25, 0.3) is 5.69 Å². The summed E-state index contributed by atoms with van der Waals surface area (Å²) in [5.74, 6) is -0.0902. The third-order valence-electron chi connectivity index (χ3n) is 6.17. The van der Waals surface area contributed by atoms with Crippen LogP contribution in [0.2, 0.25) is 0 Å². The fraction of sp³-hybridized carbons (Fsp3) is 0.318. The van der Waals surface area contributed by atoms with Crippen molar-refractivity contribution in [1.82, 2.24) is 15.0 Å². The van der Waals surface area contributed by atoms with E-state index in [2.05, 4.69) is 10.3 Å². The average Bonchev–Trinajstić information content (AvgIpc) is 3.20. The van der Waals surface area contributed by atoms with E-state index in [1.165, 1.54) is 0 Å². The van der Waals surface area contributed by atoms with E-state index in [1.54, 1.807) is 4.68 Å². The van der Waals surface area contributed by atoms with E-state index in [-0.39, 0.29) is 17.8 Å². The number of benzene rings is 2. The van der Waals surface area contributed by atoms with Crippen LogP contribution in [0.4, 0.5) is 0 Å². The zero-order valence-electron chi connectivity index (χ0n) is 16.6. The second-order valence-electron chi connectivity index (χ2n) is 8.11. The number of aromatic nitrogens is 3. The Bertz CT molecular complexity index is 1100. The normalized spacial score (nSPS) is 16.7. The van der Waals surface area contributed by atoms with Crippen molar-refractivity contribution in [2.75, 3.05) is 0 Å². The first-order valence-corrected chi connectivity index (χ1v) is 9.99. The van der Waals surface area contributed by atoms with Gasteiger partial charge in [-0.25, -0.2) is 4.68 Å². The molecule has 29 heavy (non-hydrogen) atoms. The molecule has 6 nitrogen and oxygen atoms in total. The maximum absolute atomic E-state index is 12.9. The van der Waals surface area contributed by atoms with E-state index in [0.717, 1.165) is 52.8 Å². The summed E-state index contributed by atoms with van der Waals surface area (Å²) in [6, 6.07) is 13.8. The van der Waals surface area contributed by atoms with Crippen LogP contribution < -0.4 is 5.46 Å². The second-order valence-corrected chi connectivity index (χ2v) is 8.11. The largest absolute Gasteiger partial charge is 0.492 e. The smallest absolute Gasteiger partial charge is 0.423 e. The number of hydrogen-bond acceptors (Lipinski definition) is 5. The standard InChI is InChI=1S/C22H22BN3O3/c1-14-4-7-17(8-5-14)26-15(2)21(24-25-26)20(27)13-16-6-9-18-19(12-16)23(28)29-22(18)10-3-11-22/h4-9,12,28H,3,10-11,13H2,1-2H3. The molecule has 0 amide bonds. The topological polar surface area (TPSA) is 77.2 Å². The van der Waals surface area contributed by atoms with Crippen molar-refractivity contribution in [3.05, 3.63) is 70.5 Å². The molecule has 1 spiro atoms. The van der Waals surface area contributed by atoms with Gasteiger partial charge >= 0.3 is 7.12 Å². The molecule has 2 heterocycles. The van der Waals surface area contributed by atoms with Gasteiger partial charge in [0.2, 0.25) is 0 Å². The Labute approximate surface area is 169 Å². The predicted octanol–water partition coefficient (Wildman–Crippen LogP) is 2.41. The molecule has 0 unspecified atom stereocenters. The molecule has 1 aliphatic heterocycles. The highest BCUT2D eigenvalue weighted by Crippen LogP contribution is 2.47. The molecule has 1 aromatic heterocycles. The van der Waals surface area contributed by atoms with Gasteiger partial charge < -0.3 is 9.68 Å². The molecule has 1 aliphatic carbocycles. The molecule has 0 bridgehead atoms. The quantitative estimate of drug-likeness (QED) is 0.550. The minimum atomic E-state index is -0.912. The van der Waals surface area contributed by atoms with Gasteiger partial charge in [-0.15, -0.1) is 5.10 Å². The third-order valence-corrected chi connectivity index (χ3v) is 6.17. The van der Waals surface area contributed by atoms with E-state index in [1.807, 2.05) is 56.3 Å².